The third-order valence-electron chi connectivity index (χ3n) is 6.15. The van der Waals surface area contributed by atoms with E-state index in [9.17, 15) is 14.4 Å². The van der Waals surface area contributed by atoms with Crippen LogP contribution in [0.2, 0.25) is 0 Å². The van der Waals surface area contributed by atoms with Gasteiger partial charge in [0, 0.05) is 30.3 Å². The Labute approximate surface area is 182 Å². The van der Waals surface area contributed by atoms with Crippen LogP contribution in [0.25, 0.3) is 0 Å². The molecule has 1 saturated heterocycles. The van der Waals surface area contributed by atoms with Crippen molar-refractivity contribution in [3.05, 3.63) is 65.7 Å². The Hall–Kier alpha value is -3.15. The third kappa shape index (κ3) is 4.95. The van der Waals surface area contributed by atoms with Gasteiger partial charge >= 0.3 is 5.97 Å². The summed E-state index contributed by atoms with van der Waals surface area (Å²) >= 11 is 0. The number of hydrogen-bond acceptors (Lipinski definition) is 4. The second-order valence-corrected chi connectivity index (χ2v) is 8.47. The highest BCUT2D eigenvalue weighted by molar-refractivity contribution is 5.96. The minimum Gasteiger partial charge on any atom is -0.447 e. The monoisotopic (exact) mass is 420 g/mol. The molecule has 6 heteroatoms. The molecule has 2 amide bonds. The molecule has 0 aromatic heterocycles. The number of likely N-dealkylation sites (tertiary alicyclic amines) is 1. The number of anilines is 1. The van der Waals surface area contributed by atoms with Gasteiger partial charge in [-0.3, -0.25) is 14.4 Å². The topological polar surface area (TPSA) is 75.7 Å². The van der Waals surface area contributed by atoms with Crippen LogP contribution in [0.5, 0.6) is 0 Å². The highest BCUT2D eigenvalue weighted by Crippen LogP contribution is 2.31. The fourth-order valence-electron chi connectivity index (χ4n) is 4.42. The predicted octanol–water partition coefficient (Wildman–Crippen LogP) is 4.01. The van der Waals surface area contributed by atoms with Gasteiger partial charge in [0.05, 0.1) is 5.92 Å². The van der Waals surface area contributed by atoms with E-state index in [1.54, 1.807) is 24.3 Å². The molecule has 1 saturated carbocycles. The van der Waals surface area contributed by atoms with Crippen LogP contribution in [-0.4, -0.2) is 35.3 Å². The van der Waals surface area contributed by atoms with Gasteiger partial charge in [0.1, 0.15) is 0 Å². The zero-order valence-corrected chi connectivity index (χ0v) is 17.8. The van der Waals surface area contributed by atoms with E-state index < -0.39 is 23.9 Å². The van der Waals surface area contributed by atoms with Crippen LogP contribution in [0.15, 0.2) is 54.6 Å². The molecule has 0 radical (unpaired) electrons. The first kappa shape index (κ1) is 21.1. The van der Waals surface area contributed by atoms with Crippen molar-refractivity contribution in [2.45, 2.75) is 51.2 Å². The molecule has 162 valence electrons. The SMILES string of the molecule is Cc1ccc(NC(=O)[C@@H](OC(=O)[C@H]2CC(=O)N(C3CCCC3)C2)c2ccccc2)cc1. The number of amides is 2. The van der Waals surface area contributed by atoms with E-state index in [-0.39, 0.29) is 18.4 Å². The van der Waals surface area contributed by atoms with Gasteiger partial charge in [-0.25, -0.2) is 0 Å². The van der Waals surface area contributed by atoms with Crippen LogP contribution in [0.1, 0.15) is 49.3 Å². The molecule has 0 bridgehead atoms. The molecule has 1 heterocycles. The molecule has 1 aliphatic heterocycles. The van der Waals surface area contributed by atoms with Crippen LogP contribution in [-0.2, 0) is 19.1 Å². The van der Waals surface area contributed by atoms with Crippen molar-refractivity contribution in [1.29, 1.82) is 0 Å². The van der Waals surface area contributed by atoms with Crippen molar-refractivity contribution in [2.75, 3.05) is 11.9 Å². The molecule has 2 atom stereocenters. The summed E-state index contributed by atoms with van der Waals surface area (Å²) in [5, 5.41) is 2.83. The number of nitrogens with zero attached hydrogens (tertiary/aromatic N) is 1. The number of ether oxygens (including phenoxy) is 1. The number of nitrogens with one attached hydrogen (secondary N) is 1. The molecule has 4 rings (SSSR count). The Morgan fingerprint density at radius 1 is 1.03 bits per heavy atom. The number of rotatable bonds is 6. The molecule has 0 unspecified atom stereocenters. The average Bonchev–Trinajstić information content (AvgIpc) is 3.43. The van der Waals surface area contributed by atoms with Gasteiger partial charge in [0.2, 0.25) is 12.0 Å². The van der Waals surface area contributed by atoms with Gasteiger partial charge in [-0.2, -0.15) is 0 Å². The molecule has 1 N–H and O–H groups in total. The van der Waals surface area contributed by atoms with E-state index >= 15 is 0 Å². The maximum Gasteiger partial charge on any atom is 0.312 e. The normalized spacial score (nSPS) is 20.0. The van der Waals surface area contributed by atoms with Crippen LogP contribution < -0.4 is 5.32 Å². The number of hydrogen-bond donors (Lipinski definition) is 1. The number of esters is 1. The molecular formula is C25H28N2O4. The fraction of sp³-hybridized carbons (Fsp3) is 0.400. The number of carbonyl (C=O) groups is 3. The largest absolute Gasteiger partial charge is 0.447 e. The summed E-state index contributed by atoms with van der Waals surface area (Å²) in [5.41, 5.74) is 2.32. The second kappa shape index (κ2) is 9.33. The third-order valence-corrected chi connectivity index (χ3v) is 6.15. The predicted molar refractivity (Wildman–Crippen MR) is 117 cm³/mol. The minimum absolute atomic E-state index is 0.00854. The maximum atomic E-state index is 13.0. The highest BCUT2D eigenvalue weighted by atomic mass is 16.5. The number of carbonyl (C=O) groups excluding carboxylic acids is 3. The Morgan fingerprint density at radius 3 is 2.39 bits per heavy atom. The average molecular weight is 421 g/mol. The molecule has 2 aliphatic rings. The summed E-state index contributed by atoms with van der Waals surface area (Å²) in [4.78, 5) is 40.3. The van der Waals surface area contributed by atoms with E-state index in [0.29, 0.717) is 17.8 Å². The van der Waals surface area contributed by atoms with E-state index in [4.69, 9.17) is 4.74 Å². The molecule has 0 spiro atoms. The van der Waals surface area contributed by atoms with Crippen molar-refractivity contribution >= 4 is 23.5 Å². The molecule has 2 fully saturated rings. The van der Waals surface area contributed by atoms with Gasteiger partial charge in [-0.15, -0.1) is 0 Å². The van der Waals surface area contributed by atoms with E-state index in [1.165, 1.54) is 0 Å². The summed E-state index contributed by atoms with van der Waals surface area (Å²) in [5.74, 6) is -1.44. The van der Waals surface area contributed by atoms with Gasteiger partial charge in [-0.05, 0) is 31.9 Å². The van der Waals surface area contributed by atoms with Crippen molar-refractivity contribution in [1.82, 2.24) is 4.90 Å². The van der Waals surface area contributed by atoms with Crippen LogP contribution >= 0.6 is 0 Å². The van der Waals surface area contributed by atoms with Crippen molar-refractivity contribution in [2.24, 2.45) is 5.92 Å². The lowest BCUT2D eigenvalue weighted by molar-refractivity contribution is -0.158. The lowest BCUT2D eigenvalue weighted by Gasteiger charge is -2.24. The summed E-state index contributed by atoms with van der Waals surface area (Å²) in [6.07, 6.45) is 3.32. The minimum atomic E-state index is -1.08. The summed E-state index contributed by atoms with van der Waals surface area (Å²) < 4.78 is 5.71. The first-order valence-corrected chi connectivity index (χ1v) is 10.9. The van der Waals surface area contributed by atoms with Gasteiger partial charge in [0.25, 0.3) is 5.91 Å². The van der Waals surface area contributed by atoms with Gasteiger partial charge < -0.3 is 15.0 Å². The zero-order valence-electron chi connectivity index (χ0n) is 17.8. The standard InChI is InChI=1S/C25H28N2O4/c1-17-11-13-20(14-12-17)26-24(29)23(18-7-3-2-4-8-18)31-25(30)19-15-22(28)27(16-19)21-9-5-6-10-21/h2-4,7-8,11-14,19,21,23H,5-6,9-10,15-16H2,1H3,(H,26,29)/t19-,23-/m0/s1. The molecule has 31 heavy (non-hydrogen) atoms. The summed E-state index contributed by atoms with van der Waals surface area (Å²) in [7, 11) is 0. The fourth-order valence-corrected chi connectivity index (χ4v) is 4.42. The zero-order chi connectivity index (χ0) is 21.8. The Morgan fingerprint density at radius 2 is 1.71 bits per heavy atom. The summed E-state index contributed by atoms with van der Waals surface area (Å²) in [6.45, 7) is 2.35. The van der Waals surface area contributed by atoms with Crippen LogP contribution in [0, 0.1) is 12.8 Å². The molecule has 2 aromatic rings. The summed E-state index contributed by atoms with van der Waals surface area (Å²) in [6, 6.07) is 16.6. The van der Waals surface area contributed by atoms with Crippen molar-refractivity contribution < 1.29 is 19.1 Å². The van der Waals surface area contributed by atoms with E-state index in [0.717, 1.165) is 31.2 Å². The quantitative estimate of drug-likeness (QED) is 0.717. The van der Waals surface area contributed by atoms with Gasteiger partial charge in [-0.1, -0.05) is 60.9 Å². The lowest BCUT2D eigenvalue weighted by atomic mass is 10.1. The molecule has 2 aromatic carbocycles. The number of aryl methyl sites for hydroxylation is 1. The molecule has 6 nitrogen and oxygen atoms in total. The van der Waals surface area contributed by atoms with Crippen molar-refractivity contribution in [3.8, 4) is 0 Å². The first-order valence-electron chi connectivity index (χ1n) is 10.9. The van der Waals surface area contributed by atoms with Crippen LogP contribution in [0.3, 0.4) is 0 Å². The van der Waals surface area contributed by atoms with Crippen molar-refractivity contribution in [3.63, 3.8) is 0 Å². The van der Waals surface area contributed by atoms with Crippen LogP contribution in [0.4, 0.5) is 5.69 Å². The molecular weight excluding hydrogens is 392 g/mol. The lowest BCUT2D eigenvalue weighted by Crippen LogP contribution is -2.35. The Bertz CT molecular complexity index is 936. The Kier molecular flexibility index (Phi) is 6.35. The van der Waals surface area contributed by atoms with E-state index in [2.05, 4.69) is 5.32 Å². The molecule has 1 aliphatic carbocycles. The maximum absolute atomic E-state index is 13.0. The second-order valence-electron chi connectivity index (χ2n) is 8.47. The van der Waals surface area contributed by atoms with Gasteiger partial charge in [0.15, 0.2) is 0 Å². The highest BCUT2D eigenvalue weighted by Gasteiger charge is 2.40. The Balaban J connectivity index is 1.47. The van der Waals surface area contributed by atoms with E-state index in [1.807, 2.05) is 42.2 Å². The number of benzene rings is 2. The first-order chi connectivity index (χ1) is 15.0. The smallest absolute Gasteiger partial charge is 0.312 e.